The quantitative estimate of drug-likeness (QED) is 0.561. The highest BCUT2D eigenvalue weighted by atomic mass is 16.2. The number of hydrogen-bond acceptors (Lipinski definition) is 5. The molecule has 3 heterocycles. The van der Waals surface area contributed by atoms with Gasteiger partial charge in [0.15, 0.2) is 5.82 Å². The highest BCUT2D eigenvalue weighted by molar-refractivity contribution is 5.89. The van der Waals surface area contributed by atoms with Crippen molar-refractivity contribution in [2.45, 2.75) is 20.0 Å². The van der Waals surface area contributed by atoms with Crippen molar-refractivity contribution in [1.29, 1.82) is 0 Å². The van der Waals surface area contributed by atoms with Crippen LogP contribution in [0.2, 0.25) is 0 Å². The average molecular weight is 373 g/mol. The molecule has 0 saturated carbocycles. The lowest BCUT2D eigenvalue weighted by Gasteiger charge is -2.03. The summed E-state index contributed by atoms with van der Waals surface area (Å²) < 4.78 is 3.36. The fourth-order valence-electron chi connectivity index (χ4n) is 2.82. The maximum absolute atomic E-state index is 12.3. The van der Waals surface area contributed by atoms with Crippen molar-refractivity contribution in [3.63, 3.8) is 0 Å². The summed E-state index contributed by atoms with van der Waals surface area (Å²) in [5, 5.41) is 11.4. The van der Waals surface area contributed by atoms with Gasteiger partial charge in [-0.1, -0.05) is 30.3 Å². The lowest BCUT2D eigenvalue weighted by molar-refractivity contribution is -0.116. The molecule has 28 heavy (non-hydrogen) atoms. The van der Waals surface area contributed by atoms with E-state index in [0.717, 1.165) is 16.8 Å². The molecule has 0 bridgehead atoms. The minimum absolute atomic E-state index is 0.0929. The summed E-state index contributed by atoms with van der Waals surface area (Å²) in [7, 11) is 0. The number of carbonyl (C=O) groups excluding carboxylic acids is 1. The smallest absolute Gasteiger partial charge is 0.247 e. The fourth-order valence-corrected chi connectivity index (χ4v) is 2.82. The van der Waals surface area contributed by atoms with Crippen LogP contribution >= 0.6 is 0 Å². The van der Waals surface area contributed by atoms with Gasteiger partial charge in [-0.2, -0.15) is 10.2 Å². The van der Waals surface area contributed by atoms with E-state index in [2.05, 4.69) is 25.5 Å². The molecule has 4 aromatic rings. The van der Waals surface area contributed by atoms with Gasteiger partial charge in [0.05, 0.1) is 18.4 Å². The summed E-state index contributed by atoms with van der Waals surface area (Å²) in [6.45, 7) is 2.57. The molecule has 0 atom stereocenters. The number of nitrogens with zero attached hydrogens (tertiary/aromatic N) is 6. The first-order valence-corrected chi connectivity index (χ1v) is 8.85. The van der Waals surface area contributed by atoms with Gasteiger partial charge in [-0.3, -0.25) is 14.2 Å². The molecule has 140 valence electrons. The van der Waals surface area contributed by atoms with E-state index in [4.69, 9.17) is 0 Å². The molecule has 0 fully saturated rings. The topological polar surface area (TPSA) is 90.5 Å². The van der Waals surface area contributed by atoms with E-state index in [1.165, 1.54) is 0 Å². The maximum atomic E-state index is 12.3. The van der Waals surface area contributed by atoms with Crippen molar-refractivity contribution in [3.05, 3.63) is 78.6 Å². The van der Waals surface area contributed by atoms with Crippen molar-refractivity contribution in [2.75, 3.05) is 5.32 Å². The third-order valence-electron chi connectivity index (χ3n) is 4.11. The van der Waals surface area contributed by atoms with Gasteiger partial charge in [0.1, 0.15) is 12.4 Å². The van der Waals surface area contributed by atoms with E-state index in [9.17, 15) is 4.79 Å². The summed E-state index contributed by atoms with van der Waals surface area (Å²) in [4.78, 5) is 20.7. The lowest BCUT2D eigenvalue weighted by atomic mass is 10.2. The highest BCUT2D eigenvalue weighted by Gasteiger charge is 2.09. The Kier molecular flexibility index (Phi) is 4.92. The van der Waals surface area contributed by atoms with E-state index in [1.807, 2.05) is 49.5 Å². The van der Waals surface area contributed by atoms with Gasteiger partial charge in [-0.05, 0) is 18.6 Å². The van der Waals surface area contributed by atoms with Crippen molar-refractivity contribution in [2.24, 2.45) is 0 Å². The fraction of sp³-hybridized carbons (Fsp3) is 0.150. The number of aromatic nitrogens is 6. The van der Waals surface area contributed by atoms with Crippen molar-refractivity contribution >= 4 is 11.7 Å². The minimum atomic E-state index is -0.196. The first-order chi connectivity index (χ1) is 13.7. The molecule has 0 radical (unpaired) electrons. The molecular weight excluding hydrogens is 354 g/mol. The van der Waals surface area contributed by atoms with E-state index in [0.29, 0.717) is 18.2 Å². The zero-order valence-electron chi connectivity index (χ0n) is 15.4. The molecule has 3 aromatic heterocycles. The van der Waals surface area contributed by atoms with Crippen LogP contribution in [-0.2, 0) is 17.9 Å². The number of aryl methyl sites for hydroxylation is 1. The Labute approximate surface area is 161 Å². The lowest BCUT2D eigenvalue weighted by Crippen LogP contribution is -2.19. The van der Waals surface area contributed by atoms with Crippen LogP contribution in [0.5, 0.6) is 0 Å². The van der Waals surface area contributed by atoms with Crippen molar-refractivity contribution in [1.82, 2.24) is 29.5 Å². The molecular formula is C20H19N7O. The summed E-state index contributed by atoms with van der Waals surface area (Å²) >= 11 is 0. The SMILES string of the molecule is Cc1nccc(-c2cnn(CC(=O)Nc3ccn(Cc4ccccc4)n3)c2)n1. The molecule has 8 heteroatoms. The summed E-state index contributed by atoms with van der Waals surface area (Å²) in [5.41, 5.74) is 2.76. The molecule has 0 aliphatic heterocycles. The summed E-state index contributed by atoms with van der Waals surface area (Å²) in [6, 6.07) is 13.6. The van der Waals surface area contributed by atoms with E-state index >= 15 is 0 Å². The molecule has 0 aliphatic rings. The van der Waals surface area contributed by atoms with Crippen LogP contribution in [0.4, 0.5) is 5.82 Å². The van der Waals surface area contributed by atoms with Crippen LogP contribution in [0.25, 0.3) is 11.3 Å². The molecule has 1 aromatic carbocycles. The number of benzene rings is 1. The third-order valence-corrected chi connectivity index (χ3v) is 4.11. The minimum Gasteiger partial charge on any atom is -0.308 e. The van der Waals surface area contributed by atoms with Crippen LogP contribution < -0.4 is 5.32 Å². The van der Waals surface area contributed by atoms with Crippen LogP contribution in [-0.4, -0.2) is 35.4 Å². The predicted octanol–water partition coefficient (Wildman–Crippen LogP) is 2.53. The zero-order valence-corrected chi connectivity index (χ0v) is 15.4. The first kappa shape index (κ1) is 17.6. The van der Waals surface area contributed by atoms with Gasteiger partial charge in [0.2, 0.25) is 5.91 Å². The van der Waals surface area contributed by atoms with Gasteiger partial charge in [-0.15, -0.1) is 0 Å². The largest absolute Gasteiger partial charge is 0.308 e. The standard InChI is InChI=1S/C20H19N7O/c1-15-21-9-7-18(23-15)17-11-22-27(13-17)14-20(28)24-19-8-10-26(25-19)12-16-5-3-2-4-6-16/h2-11,13H,12,14H2,1H3,(H,24,25,28). The van der Waals surface area contributed by atoms with E-state index in [1.54, 1.807) is 34.0 Å². The molecule has 0 saturated heterocycles. The Morgan fingerprint density at radius 3 is 2.79 bits per heavy atom. The second-order valence-corrected chi connectivity index (χ2v) is 6.35. The molecule has 1 amide bonds. The summed E-state index contributed by atoms with van der Waals surface area (Å²) in [5.74, 6) is 1.01. The Bertz CT molecular complexity index is 1080. The van der Waals surface area contributed by atoms with E-state index in [-0.39, 0.29) is 12.5 Å². The first-order valence-electron chi connectivity index (χ1n) is 8.85. The Balaban J connectivity index is 1.36. The highest BCUT2D eigenvalue weighted by Crippen LogP contribution is 2.15. The third kappa shape index (κ3) is 4.29. The van der Waals surface area contributed by atoms with Gasteiger partial charge in [0, 0.05) is 30.2 Å². The Hall–Kier alpha value is -3.81. The van der Waals surface area contributed by atoms with E-state index < -0.39 is 0 Å². The molecule has 0 unspecified atom stereocenters. The van der Waals surface area contributed by atoms with Crippen LogP contribution in [0.3, 0.4) is 0 Å². The average Bonchev–Trinajstić information content (AvgIpc) is 3.32. The number of amides is 1. The van der Waals surface area contributed by atoms with Gasteiger partial charge < -0.3 is 5.32 Å². The number of anilines is 1. The number of hydrogen-bond donors (Lipinski definition) is 1. The number of carbonyl (C=O) groups is 1. The maximum Gasteiger partial charge on any atom is 0.247 e. The zero-order chi connectivity index (χ0) is 19.3. The van der Waals surface area contributed by atoms with Gasteiger partial charge in [-0.25, -0.2) is 9.97 Å². The monoisotopic (exact) mass is 373 g/mol. The normalized spacial score (nSPS) is 10.8. The Morgan fingerprint density at radius 1 is 1.11 bits per heavy atom. The van der Waals surface area contributed by atoms with Crippen molar-refractivity contribution in [3.8, 4) is 11.3 Å². The molecule has 4 rings (SSSR count). The van der Waals surface area contributed by atoms with Crippen LogP contribution in [0.1, 0.15) is 11.4 Å². The molecule has 0 aliphatic carbocycles. The molecule has 1 N–H and O–H groups in total. The summed E-state index contributed by atoms with van der Waals surface area (Å²) in [6.07, 6.45) is 7.01. The molecule has 0 spiro atoms. The molecule has 8 nitrogen and oxygen atoms in total. The van der Waals surface area contributed by atoms with Crippen molar-refractivity contribution < 1.29 is 4.79 Å². The second-order valence-electron chi connectivity index (χ2n) is 6.35. The van der Waals surface area contributed by atoms with Gasteiger partial charge >= 0.3 is 0 Å². The van der Waals surface area contributed by atoms with Crippen LogP contribution in [0.15, 0.2) is 67.3 Å². The Morgan fingerprint density at radius 2 is 1.96 bits per heavy atom. The number of nitrogens with one attached hydrogen (secondary N) is 1. The van der Waals surface area contributed by atoms with Gasteiger partial charge in [0.25, 0.3) is 0 Å². The number of rotatable bonds is 6. The van der Waals surface area contributed by atoms with Crippen LogP contribution in [0, 0.1) is 6.92 Å². The second kappa shape index (κ2) is 7.83. The predicted molar refractivity (Wildman–Crippen MR) is 104 cm³/mol.